The zero-order chi connectivity index (χ0) is 13.0. The second kappa shape index (κ2) is 5.71. The topological polar surface area (TPSA) is 12.0 Å². The van der Waals surface area contributed by atoms with Gasteiger partial charge in [0.2, 0.25) is 0 Å². The molecule has 0 radical (unpaired) electrons. The molecule has 2 rings (SSSR count). The molecule has 1 fully saturated rings. The highest BCUT2D eigenvalue weighted by Crippen LogP contribution is 2.26. The third kappa shape index (κ3) is 3.71. The lowest BCUT2D eigenvalue weighted by Crippen LogP contribution is -2.33. The van der Waals surface area contributed by atoms with E-state index in [0.29, 0.717) is 0 Å². The fraction of sp³-hybridized carbons (Fsp3) is 0.529. The van der Waals surface area contributed by atoms with Gasteiger partial charge in [0.1, 0.15) is 0 Å². The molecule has 1 heteroatoms. The van der Waals surface area contributed by atoms with Gasteiger partial charge in [0, 0.05) is 18.0 Å². The first-order valence-corrected chi connectivity index (χ1v) is 7.10. The van der Waals surface area contributed by atoms with Gasteiger partial charge in [-0.05, 0) is 36.8 Å². The van der Waals surface area contributed by atoms with Crippen molar-refractivity contribution in [2.45, 2.75) is 45.6 Å². The SMILES string of the molecule is C=CC(C)(CNC1CC1)Cc1ccc(CC)cc1. The van der Waals surface area contributed by atoms with Crippen LogP contribution in [0.1, 0.15) is 37.8 Å². The van der Waals surface area contributed by atoms with Crippen LogP contribution in [0.4, 0.5) is 0 Å². The Balaban J connectivity index is 1.95. The van der Waals surface area contributed by atoms with Gasteiger partial charge in [-0.25, -0.2) is 0 Å². The number of nitrogens with one attached hydrogen (secondary N) is 1. The van der Waals surface area contributed by atoms with Crippen molar-refractivity contribution in [1.29, 1.82) is 0 Å². The van der Waals surface area contributed by atoms with E-state index in [4.69, 9.17) is 0 Å². The van der Waals surface area contributed by atoms with E-state index in [1.165, 1.54) is 24.0 Å². The van der Waals surface area contributed by atoms with Crippen molar-refractivity contribution in [3.63, 3.8) is 0 Å². The molecule has 0 heterocycles. The number of aryl methyl sites for hydroxylation is 1. The molecule has 1 saturated carbocycles. The highest BCUT2D eigenvalue weighted by atomic mass is 15.0. The van der Waals surface area contributed by atoms with E-state index in [-0.39, 0.29) is 5.41 Å². The molecule has 1 aromatic carbocycles. The summed E-state index contributed by atoms with van der Waals surface area (Å²) in [7, 11) is 0. The molecular weight excluding hydrogens is 218 g/mol. The third-order valence-corrected chi connectivity index (χ3v) is 3.90. The van der Waals surface area contributed by atoms with E-state index in [2.05, 4.69) is 56.1 Å². The molecular formula is C17H25N. The van der Waals surface area contributed by atoms with Crippen LogP contribution in [-0.2, 0) is 12.8 Å². The molecule has 0 amide bonds. The van der Waals surface area contributed by atoms with Gasteiger partial charge in [-0.1, -0.05) is 44.2 Å². The number of hydrogen-bond acceptors (Lipinski definition) is 1. The molecule has 1 aliphatic carbocycles. The van der Waals surface area contributed by atoms with E-state index in [1.807, 2.05) is 0 Å². The molecule has 0 aromatic heterocycles. The van der Waals surface area contributed by atoms with Crippen LogP contribution in [0.25, 0.3) is 0 Å². The highest BCUT2D eigenvalue weighted by molar-refractivity contribution is 5.24. The van der Waals surface area contributed by atoms with E-state index in [9.17, 15) is 0 Å². The smallest absolute Gasteiger partial charge is 0.00685 e. The summed E-state index contributed by atoms with van der Waals surface area (Å²) in [6.45, 7) is 9.55. The summed E-state index contributed by atoms with van der Waals surface area (Å²) in [5.41, 5.74) is 2.98. The van der Waals surface area contributed by atoms with Crippen LogP contribution in [0.5, 0.6) is 0 Å². The molecule has 0 saturated heterocycles. The lowest BCUT2D eigenvalue weighted by molar-refractivity contribution is 0.389. The third-order valence-electron chi connectivity index (χ3n) is 3.90. The predicted octanol–water partition coefficient (Wildman–Crippen LogP) is 3.74. The van der Waals surface area contributed by atoms with E-state index >= 15 is 0 Å². The van der Waals surface area contributed by atoms with Crippen molar-refractivity contribution >= 4 is 0 Å². The second-order valence-electron chi connectivity index (χ2n) is 5.86. The Kier molecular flexibility index (Phi) is 4.23. The Morgan fingerprint density at radius 1 is 1.28 bits per heavy atom. The summed E-state index contributed by atoms with van der Waals surface area (Å²) in [6.07, 6.45) is 6.98. The van der Waals surface area contributed by atoms with Crippen LogP contribution in [0.3, 0.4) is 0 Å². The lowest BCUT2D eigenvalue weighted by atomic mass is 9.83. The predicted molar refractivity (Wildman–Crippen MR) is 78.9 cm³/mol. The molecule has 98 valence electrons. The van der Waals surface area contributed by atoms with Gasteiger partial charge in [-0.15, -0.1) is 6.58 Å². The maximum Gasteiger partial charge on any atom is 0.00685 e. The standard InChI is InChI=1S/C17H25N/c1-4-14-6-8-15(9-7-14)12-17(3,5-2)13-18-16-10-11-16/h5-9,16,18H,2,4,10-13H2,1,3H3. The fourth-order valence-electron chi connectivity index (χ4n) is 2.23. The maximum absolute atomic E-state index is 4.02. The van der Waals surface area contributed by atoms with Crippen molar-refractivity contribution < 1.29 is 0 Å². The highest BCUT2D eigenvalue weighted by Gasteiger charge is 2.26. The molecule has 1 unspecified atom stereocenters. The van der Waals surface area contributed by atoms with Gasteiger partial charge < -0.3 is 5.32 Å². The Bertz CT molecular complexity index is 389. The summed E-state index contributed by atoms with van der Waals surface area (Å²) in [5, 5.41) is 3.62. The quantitative estimate of drug-likeness (QED) is 0.719. The van der Waals surface area contributed by atoms with Crippen LogP contribution in [0.15, 0.2) is 36.9 Å². The normalized spacial score (nSPS) is 18.3. The molecule has 1 aliphatic rings. The van der Waals surface area contributed by atoms with E-state index in [0.717, 1.165) is 25.4 Å². The maximum atomic E-state index is 4.02. The molecule has 0 aliphatic heterocycles. The minimum atomic E-state index is 0.163. The van der Waals surface area contributed by atoms with Crippen LogP contribution < -0.4 is 5.32 Å². The molecule has 1 aromatic rings. The molecule has 18 heavy (non-hydrogen) atoms. The van der Waals surface area contributed by atoms with E-state index < -0.39 is 0 Å². The van der Waals surface area contributed by atoms with Crippen LogP contribution in [0, 0.1) is 5.41 Å². The van der Waals surface area contributed by atoms with Crippen molar-refractivity contribution in [3.05, 3.63) is 48.0 Å². The average molecular weight is 243 g/mol. The van der Waals surface area contributed by atoms with Gasteiger partial charge in [-0.3, -0.25) is 0 Å². The largest absolute Gasteiger partial charge is 0.313 e. The molecule has 0 bridgehead atoms. The summed E-state index contributed by atoms with van der Waals surface area (Å²) in [6, 6.07) is 9.78. The summed E-state index contributed by atoms with van der Waals surface area (Å²) in [4.78, 5) is 0. The first kappa shape index (κ1) is 13.4. The average Bonchev–Trinajstić information content (AvgIpc) is 3.21. The molecule has 1 atom stereocenters. The minimum Gasteiger partial charge on any atom is -0.313 e. The summed E-state index contributed by atoms with van der Waals surface area (Å²) >= 11 is 0. The Hall–Kier alpha value is -1.08. The first-order valence-electron chi connectivity index (χ1n) is 7.10. The van der Waals surface area contributed by atoms with Gasteiger partial charge in [0.15, 0.2) is 0 Å². The molecule has 1 N–H and O–H groups in total. The zero-order valence-electron chi connectivity index (χ0n) is 11.7. The van der Waals surface area contributed by atoms with Crippen LogP contribution in [-0.4, -0.2) is 12.6 Å². The monoisotopic (exact) mass is 243 g/mol. The number of rotatable bonds is 7. The van der Waals surface area contributed by atoms with Gasteiger partial charge >= 0.3 is 0 Å². The van der Waals surface area contributed by atoms with Crippen molar-refractivity contribution in [2.75, 3.05) is 6.54 Å². The number of benzene rings is 1. The fourth-order valence-corrected chi connectivity index (χ4v) is 2.23. The summed E-state index contributed by atoms with van der Waals surface area (Å²) in [5.74, 6) is 0. The Morgan fingerprint density at radius 2 is 1.89 bits per heavy atom. The molecule has 0 spiro atoms. The second-order valence-corrected chi connectivity index (χ2v) is 5.86. The minimum absolute atomic E-state index is 0.163. The van der Waals surface area contributed by atoms with Crippen LogP contribution >= 0.6 is 0 Å². The Labute approximate surface area is 111 Å². The number of hydrogen-bond donors (Lipinski definition) is 1. The lowest BCUT2D eigenvalue weighted by Gasteiger charge is -2.26. The van der Waals surface area contributed by atoms with Crippen molar-refractivity contribution in [1.82, 2.24) is 5.32 Å². The molecule has 1 nitrogen and oxygen atoms in total. The van der Waals surface area contributed by atoms with Crippen molar-refractivity contribution in [2.24, 2.45) is 5.41 Å². The van der Waals surface area contributed by atoms with Crippen LogP contribution in [0.2, 0.25) is 0 Å². The zero-order valence-corrected chi connectivity index (χ0v) is 11.7. The van der Waals surface area contributed by atoms with Gasteiger partial charge in [0.25, 0.3) is 0 Å². The Morgan fingerprint density at radius 3 is 2.39 bits per heavy atom. The van der Waals surface area contributed by atoms with Gasteiger partial charge in [0.05, 0.1) is 0 Å². The first-order chi connectivity index (χ1) is 8.65. The van der Waals surface area contributed by atoms with E-state index in [1.54, 1.807) is 0 Å². The van der Waals surface area contributed by atoms with Crippen molar-refractivity contribution in [3.8, 4) is 0 Å². The summed E-state index contributed by atoms with van der Waals surface area (Å²) < 4.78 is 0. The van der Waals surface area contributed by atoms with Gasteiger partial charge in [-0.2, -0.15) is 0 Å².